The number of ether oxygens (including phenoxy) is 2. The van der Waals surface area contributed by atoms with Crippen molar-refractivity contribution in [3.8, 4) is 11.5 Å². The minimum atomic E-state index is -0.307. The van der Waals surface area contributed by atoms with Crippen molar-refractivity contribution in [3.63, 3.8) is 0 Å². The number of hydrogen-bond acceptors (Lipinski definition) is 5. The fourth-order valence-electron chi connectivity index (χ4n) is 3.87. The first-order valence-electron chi connectivity index (χ1n) is 9.60. The van der Waals surface area contributed by atoms with Gasteiger partial charge in [-0.2, -0.15) is 0 Å². The molecule has 7 nitrogen and oxygen atoms in total. The predicted molar refractivity (Wildman–Crippen MR) is 111 cm³/mol. The van der Waals surface area contributed by atoms with Crippen LogP contribution in [0.25, 0.3) is 0 Å². The summed E-state index contributed by atoms with van der Waals surface area (Å²) >= 11 is 0. The Balaban J connectivity index is 1.59. The molecule has 2 amide bonds. The second-order valence-electron chi connectivity index (χ2n) is 7.08. The van der Waals surface area contributed by atoms with Gasteiger partial charge in [0.2, 0.25) is 11.8 Å². The molecule has 1 fully saturated rings. The van der Waals surface area contributed by atoms with Crippen molar-refractivity contribution in [1.29, 1.82) is 0 Å². The highest BCUT2D eigenvalue weighted by Crippen LogP contribution is 2.38. The second-order valence-corrected chi connectivity index (χ2v) is 7.08. The molecule has 2 aromatic rings. The van der Waals surface area contributed by atoms with E-state index in [0.29, 0.717) is 22.9 Å². The molecular formula is C22H23N3O4. The number of rotatable bonds is 5. The number of nitrogens with zero attached hydrogens (tertiary/aromatic N) is 2. The van der Waals surface area contributed by atoms with Crippen LogP contribution in [-0.4, -0.2) is 38.3 Å². The summed E-state index contributed by atoms with van der Waals surface area (Å²) in [5.74, 6) is 0.496. The number of para-hydroxylation sites is 2. The van der Waals surface area contributed by atoms with Crippen molar-refractivity contribution in [2.24, 2.45) is 10.9 Å². The van der Waals surface area contributed by atoms with Crippen molar-refractivity contribution >= 4 is 34.6 Å². The van der Waals surface area contributed by atoms with E-state index in [1.165, 1.54) is 7.11 Å². The molecule has 0 spiro atoms. The number of nitrogens with one attached hydrogen (secondary N) is 1. The third kappa shape index (κ3) is 3.68. The molecule has 0 radical (unpaired) electrons. The molecule has 0 aromatic heterocycles. The number of aliphatic imine (C=N–C) groups is 1. The summed E-state index contributed by atoms with van der Waals surface area (Å²) in [4.78, 5) is 32.3. The van der Waals surface area contributed by atoms with Gasteiger partial charge < -0.3 is 19.7 Å². The largest absolute Gasteiger partial charge is 0.497 e. The maximum absolute atomic E-state index is 13.2. The zero-order chi connectivity index (χ0) is 20.4. The van der Waals surface area contributed by atoms with E-state index in [9.17, 15) is 9.59 Å². The summed E-state index contributed by atoms with van der Waals surface area (Å²) in [7, 11) is 3.09. The van der Waals surface area contributed by atoms with Gasteiger partial charge in [-0.15, -0.1) is 0 Å². The molecule has 29 heavy (non-hydrogen) atoms. The summed E-state index contributed by atoms with van der Waals surface area (Å²) < 4.78 is 10.5. The Hall–Kier alpha value is -3.35. The van der Waals surface area contributed by atoms with Gasteiger partial charge >= 0.3 is 0 Å². The van der Waals surface area contributed by atoms with E-state index in [-0.39, 0.29) is 24.3 Å². The van der Waals surface area contributed by atoms with Crippen molar-refractivity contribution in [2.75, 3.05) is 31.0 Å². The van der Waals surface area contributed by atoms with Gasteiger partial charge in [0.25, 0.3) is 0 Å². The maximum Gasteiger partial charge on any atom is 0.244 e. The van der Waals surface area contributed by atoms with E-state index < -0.39 is 0 Å². The van der Waals surface area contributed by atoms with Gasteiger partial charge in [-0.3, -0.25) is 14.6 Å². The SMILES string of the molecule is COc1ccc(NC(=O)CN2C(=O)[C@@H]3CCCC3=Nc3ccccc32)c(OC)c1. The first-order chi connectivity index (χ1) is 14.1. The number of methoxy groups -OCH3 is 2. The highest BCUT2D eigenvalue weighted by molar-refractivity contribution is 6.16. The third-order valence-corrected chi connectivity index (χ3v) is 5.31. The average Bonchev–Trinajstić information content (AvgIpc) is 3.16. The Morgan fingerprint density at radius 1 is 1.21 bits per heavy atom. The Morgan fingerprint density at radius 2 is 2.03 bits per heavy atom. The molecule has 1 N–H and O–H groups in total. The normalized spacial score (nSPS) is 17.7. The first kappa shape index (κ1) is 19.0. The summed E-state index contributed by atoms with van der Waals surface area (Å²) in [6, 6.07) is 12.6. The lowest BCUT2D eigenvalue weighted by Gasteiger charge is -2.24. The molecule has 0 unspecified atom stereocenters. The molecule has 1 saturated carbocycles. The molecule has 1 aliphatic carbocycles. The maximum atomic E-state index is 13.2. The van der Waals surface area contributed by atoms with Gasteiger partial charge in [-0.1, -0.05) is 12.1 Å². The van der Waals surface area contributed by atoms with Crippen molar-refractivity contribution < 1.29 is 19.1 Å². The Labute approximate surface area is 169 Å². The summed E-state index contributed by atoms with van der Waals surface area (Å²) in [5, 5.41) is 2.84. The summed E-state index contributed by atoms with van der Waals surface area (Å²) in [6.07, 6.45) is 2.55. The van der Waals surface area contributed by atoms with Gasteiger partial charge in [-0.25, -0.2) is 0 Å². The molecule has 0 saturated heterocycles. The summed E-state index contributed by atoms with van der Waals surface area (Å²) in [6.45, 7) is -0.0929. The monoisotopic (exact) mass is 393 g/mol. The average molecular weight is 393 g/mol. The molecule has 1 heterocycles. The lowest BCUT2D eigenvalue weighted by molar-refractivity contribution is -0.123. The number of hydrogen-bond donors (Lipinski definition) is 1. The number of carbonyl (C=O) groups excluding carboxylic acids is 2. The van der Waals surface area contributed by atoms with Gasteiger partial charge in [0.15, 0.2) is 0 Å². The quantitative estimate of drug-likeness (QED) is 0.842. The topological polar surface area (TPSA) is 80.2 Å². The standard InChI is InChI=1S/C22H23N3O4/c1-28-14-10-11-18(20(12-14)29-2)24-21(26)13-25-19-9-4-3-7-17(19)23-16-8-5-6-15(16)22(25)27/h3-4,7,9-12,15H,5-6,8,13H2,1-2H3,(H,24,26)/t15-/m1/s1. The van der Waals surface area contributed by atoms with Gasteiger partial charge in [0.05, 0.1) is 37.2 Å². The van der Waals surface area contributed by atoms with E-state index in [1.807, 2.05) is 24.3 Å². The van der Waals surface area contributed by atoms with E-state index >= 15 is 0 Å². The fraction of sp³-hybridized carbons (Fsp3) is 0.318. The molecule has 2 aliphatic rings. The van der Waals surface area contributed by atoms with E-state index in [1.54, 1.807) is 30.2 Å². The van der Waals surface area contributed by atoms with Crippen LogP contribution in [0.2, 0.25) is 0 Å². The predicted octanol–water partition coefficient (Wildman–Crippen LogP) is 3.56. The molecule has 2 aromatic carbocycles. The van der Waals surface area contributed by atoms with Crippen LogP contribution in [-0.2, 0) is 9.59 Å². The number of amides is 2. The van der Waals surface area contributed by atoms with Crippen LogP contribution in [0.4, 0.5) is 17.1 Å². The van der Waals surface area contributed by atoms with Crippen LogP contribution in [0, 0.1) is 5.92 Å². The minimum Gasteiger partial charge on any atom is -0.497 e. The van der Waals surface area contributed by atoms with Gasteiger partial charge in [-0.05, 0) is 43.5 Å². The van der Waals surface area contributed by atoms with Crippen LogP contribution < -0.4 is 19.7 Å². The highest BCUT2D eigenvalue weighted by Gasteiger charge is 2.37. The van der Waals surface area contributed by atoms with Gasteiger partial charge in [0.1, 0.15) is 18.0 Å². The molecule has 1 aliphatic heterocycles. The lowest BCUT2D eigenvalue weighted by atomic mass is 10.1. The van der Waals surface area contributed by atoms with E-state index in [4.69, 9.17) is 14.5 Å². The van der Waals surface area contributed by atoms with Crippen molar-refractivity contribution in [1.82, 2.24) is 0 Å². The molecule has 150 valence electrons. The van der Waals surface area contributed by atoms with Crippen LogP contribution in [0.1, 0.15) is 19.3 Å². The van der Waals surface area contributed by atoms with Crippen molar-refractivity contribution in [3.05, 3.63) is 42.5 Å². The van der Waals surface area contributed by atoms with E-state index in [2.05, 4.69) is 5.32 Å². The number of anilines is 2. The molecule has 4 rings (SSSR count). The van der Waals surface area contributed by atoms with Crippen LogP contribution in [0.3, 0.4) is 0 Å². The van der Waals surface area contributed by atoms with Crippen molar-refractivity contribution in [2.45, 2.75) is 19.3 Å². The van der Waals surface area contributed by atoms with Crippen LogP contribution >= 0.6 is 0 Å². The Morgan fingerprint density at radius 3 is 2.83 bits per heavy atom. The smallest absolute Gasteiger partial charge is 0.244 e. The number of carbonyl (C=O) groups is 2. The zero-order valence-electron chi connectivity index (χ0n) is 16.5. The highest BCUT2D eigenvalue weighted by atomic mass is 16.5. The Kier molecular flexibility index (Phi) is 5.20. The number of benzene rings is 2. The summed E-state index contributed by atoms with van der Waals surface area (Å²) in [5.41, 5.74) is 2.83. The third-order valence-electron chi connectivity index (χ3n) is 5.31. The first-order valence-corrected chi connectivity index (χ1v) is 9.60. The fourth-order valence-corrected chi connectivity index (χ4v) is 3.87. The number of fused-ring (bicyclic) bond motifs is 2. The Bertz CT molecular complexity index is 986. The molecule has 7 heteroatoms. The molecule has 0 bridgehead atoms. The molecule has 1 atom stereocenters. The lowest BCUT2D eigenvalue weighted by Crippen LogP contribution is -2.41. The minimum absolute atomic E-state index is 0.0666. The van der Waals surface area contributed by atoms with Crippen LogP contribution in [0.5, 0.6) is 11.5 Å². The molecular weight excluding hydrogens is 370 g/mol. The van der Waals surface area contributed by atoms with Gasteiger partial charge in [0, 0.05) is 11.8 Å². The second kappa shape index (κ2) is 7.95. The zero-order valence-corrected chi connectivity index (χ0v) is 16.5. The van der Waals surface area contributed by atoms with E-state index in [0.717, 1.165) is 30.7 Å². The van der Waals surface area contributed by atoms with Crippen LogP contribution in [0.15, 0.2) is 47.5 Å².